The molecule has 1 aromatic rings. The highest BCUT2D eigenvalue weighted by molar-refractivity contribution is 6.18. The first kappa shape index (κ1) is 10.7. The Kier molecular flexibility index (Phi) is 3.78. The molecule has 0 bridgehead atoms. The average Bonchev–Trinajstić information content (AvgIpc) is 2.75. The monoisotopic (exact) mass is 225 g/mol. The van der Waals surface area contributed by atoms with E-state index in [0.29, 0.717) is 11.8 Å². The minimum absolute atomic E-state index is 0.669. The van der Waals surface area contributed by atoms with Crippen molar-refractivity contribution in [3.05, 3.63) is 18.5 Å². The first-order valence-corrected chi connectivity index (χ1v) is 6.00. The Morgan fingerprint density at radius 1 is 1.27 bits per heavy atom. The standard InChI is InChI=1S/C11H16ClN3/c12-7-9-3-1-4-10(9)8-15-11-13-5-2-6-14-11/h2,5-6,9-10H,1,3-4,7-8H2,(H,13,14,15). The molecule has 0 spiro atoms. The van der Waals surface area contributed by atoms with Crippen molar-refractivity contribution in [1.29, 1.82) is 0 Å². The zero-order valence-electron chi connectivity index (χ0n) is 8.69. The van der Waals surface area contributed by atoms with Gasteiger partial charge in [0, 0.05) is 24.8 Å². The minimum Gasteiger partial charge on any atom is -0.354 e. The van der Waals surface area contributed by atoms with Gasteiger partial charge >= 0.3 is 0 Å². The van der Waals surface area contributed by atoms with Crippen LogP contribution in [0, 0.1) is 11.8 Å². The Hall–Kier alpha value is -0.830. The van der Waals surface area contributed by atoms with E-state index in [4.69, 9.17) is 11.6 Å². The smallest absolute Gasteiger partial charge is 0.222 e. The van der Waals surface area contributed by atoms with Crippen molar-refractivity contribution in [1.82, 2.24) is 9.97 Å². The van der Waals surface area contributed by atoms with E-state index in [-0.39, 0.29) is 0 Å². The summed E-state index contributed by atoms with van der Waals surface area (Å²) in [6, 6.07) is 1.82. The number of hydrogen-bond donors (Lipinski definition) is 1. The van der Waals surface area contributed by atoms with Crippen molar-refractivity contribution in [2.24, 2.45) is 11.8 Å². The van der Waals surface area contributed by atoms with Crippen LogP contribution >= 0.6 is 11.6 Å². The van der Waals surface area contributed by atoms with Crippen LogP contribution in [0.5, 0.6) is 0 Å². The van der Waals surface area contributed by atoms with E-state index in [0.717, 1.165) is 18.4 Å². The lowest BCUT2D eigenvalue weighted by molar-refractivity contribution is 0.443. The predicted octanol–water partition coefficient (Wildman–Crippen LogP) is 2.54. The second-order valence-corrected chi connectivity index (χ2v) is 4.37. The van der Waals surface area contributed by atoms with Gasteiger partial charge in [-0.3, -0.25) is 0 Å². The summed E-state index contributed by atoms with van der Waals surface area (Å²) in [6.07, 6.45) is 7.36. The number of nitrogens with one attached hydrogen (secondary N) is 1. The van der Waals surface area contributed by atoms with E-state index < -0.39 is 0 Å². The molecule has 82 valence electrons. The van der Waals surface area contributed by atoms with Crippen LogP contribution < -0.4 is 5.32 Å². The summed E-state index contributed by atoms with van der Waals surface area (Å²) >= 11 is 5.93. The quantitative estimate of drug-likeness (QED) is 0.801. The Bertz CT molecular complexity index is 291. The summed E-state index contributed by atoms with van der Waals surface area (Å²) in [5.74, 6) is 2.86. The van der Waals surface area contributed by atoms with Crippen LogP contribution in [0.25, 0.3) is 0 Å². The first-order valence-electron chi connectivity index (χ1n) is 5.47. The number of hydrogen-bond acceptors (Lipinski definition) is 3. The van der Waals surface area contributed by atoms with E-state index >= 15 is 0 Å². The van der Waals surface area contributed by atoms with Crippen LogP contribution in [0.4, 0.5) is 5.95 Å². The van der Waals surface area contributed by atoms with Crippen molar-refractivity contribution < 1.29 is 0 Å². The fraction of sp³-hybridized carbons (Fsp3) is 0.636. The van der Waals surface area contributed by atoms with Crippen LogP contribution in [-0.4, -0.2) is 22.4 Å². The molecule has 15 heavy (non-hydrogen) atoms. The van der Waals surface area contributed by atoms with Crippen molar-refractivity contribution in [2.75, 3.05) is 17.7 Å². The van der Waals surface area contributed by atoms with Gasteiger partial charge in [0.25, 0.3) is 0 Å². The third-order valence-corrected chi connectivity index (χ3v) is 3.50. The maximum Gasteiger partial charge on any atom is 0.222 e. The molecule has 2 atom stereocenters. The van der Waals surface area contributed by atoms with Crippen molar-refractivity contribution in [2.45, 2.75) is 19.3 Å². The highest BCUT2D eigenvalue weighted by atomic mass is 35.5. The molecule has 3 nitrogen and oxygen atoms in total. The molecule has 2 rings (SSSR count). The van der Waals surface area contributed by atoms with Gasteiger partial charge in [-0.1, -0.05) is 6.42 Å². The highest BCUT2D eigenvalue weighted by Gasteiger charge is 2.26. The van der Waals surface area contributed by atoms with Crippen LogP contribution in [0.1, 0.15) is 19.3 Å². The molecule has 1 fully saturated rings. The van der Waals surface area contributed by atoms with Gasteiger partial charge in [-0.25, -0.2) is 9.97 Å². The SMILES string of the molecule is ClCC1CCCC1CNc1ncccn1. The van der Waals surface area contributed by atoms with Crippen molar-refractivity contribution in [3.8, 4) is 0 Å². The molecule has 0 aromatic carbocycles. The molecule has 1 aromatic heterocycles. The predicted molar refractivity (Wildman–Crippen MR) is 62.1 cm³/mol. The summed E-state index contributed by atoms with van der Waals surface area (Å²) in [7, 11) is 0. The molecule has 4 heteroatoms. The Morgan fingerprint density at radius 2 is 2.00 bits per heavy atom. The molecule has 1 N–H and O–H groups in total. The molecule has 1 heterocycles. The maximum absolute atomic E-state index is 5.93. The van der Waals surface area contributed by atoms with Crippen LogP contribution in [-0.2, 0) is 0 Å². The van der Waals surface area contributed by atoms with Gasteiger partial charge in [0.05, 0.1) is 0 Å². The van der Waals surface area contributed by atoms with E-state index in [1.807, 2.05) is 6.07 Å². The van der Waals surface area contributed by atoms with Gasteiger partial charge in [0.1, 0.15) is 0 Å². The number of nitrogens with zero attached hydrogens (tertiary/aromatic N) is 2. The third-order valence-electron chi connectivity index (χ3n) is 3.10. The van der Waals surface area contributed by atoms with E-state index in [2.05, 4.69) is 15.3 Å². The van der Waals surface area contributed by atoms with Crippen LogP contribution in [0.15, 0.2) is 18.5 Å². The molecule has 0 saturated heterocycles. The molecular formula is C11H16ClN3. The number of anilines is 1. The highest BCUT2D eigenvalue weighted by Crippen LogP contribution is 2.32. The van der Waals surface area contributed by atoms with Gasteiger partial charge < -0.3 is 5.32 Å². The van der Waals surface area contributed by atoms with Crippen LogP contribution in [0.2, 0.25) is 0 Å². The molecule has 0 amide bonds. The van der Waals surface area contributed by atoms with Gasteiger partial charge in [-0.2, -0.15) is 0 Å². The molecular weight excluding hydrogens is 210 g/mol. The third kappa shape index (κ3) is 2.81. The molecule has 1 aliphatic rings. The second-order valence-electron chi connectivity index (χ2n) is 4.06. The lowest BCUT2D eigenvalue weighted by Gasteiger charge is -2.17. The van der Waals surface area contributed by atoms with Gasteiger partial charge in [-0.05, 0) is 30.7 Å². The van der Waals surface area contributed by atoms with Crippen molar-refractivity contribution >= 4 is 17.5 Å². The zero-order chi connectivity index (χ0) is 10.5. The Balaban J connectivity index is 1.83. The summed E-state index contributed by atoms with van der Waals surface area (Å²) in [6.45, 7) is 0.946. The average molecular weight is 226 g/mol. The topological polar surface area (TPSA) is 37.8 Å². The minimum atomic E-state index is 0.669. The van der Waals surface area contributed by atoms with Gasteiger partial charge in [0.15, 0.2) is 0 Å². The lowest BCUT2D eigenvalue weighted by atomic mass is 9.98. The molecule has 0 radical (unpaired) electrons. The Morgan fingerprint density at radius 3 is 2.73 bits per heavy atom. The maximum atomic E-state index is 5.93. The largest absolute Gasteiger partial charge is 0.354 e. The summed E-state index contributed by atoms with van der Waals surface area (Å²) in [5, 5.41) is 3.27. The summed E-state index contributed by atoms with van der Waals surface area (Å²) in [4.78, 5) is 8.27. The van der Waals surface area contributed by atoms with Gasteiger partial charge in [-0.15, -0.1) is 11.6 Å². The number of alkyl halides is 1. The zero-order valence-corrected chi connectivity index (χ0v) is 9.45. The summed E-state index contributed by atoms with van der Waals surface area (Å²) < 4.78 is 0. The first-order chi connectivity index (χ1) is 7.40. The molecule has 1 saturated carbocycles. The number of rotatable bonds is 4. The number of halogens is 1. The normalized spacial score (nSPS) is 25.4. The second kappa shape index (κ2) is 5.31. The van der Waals surface area contributed by atoms with E-state index in [1.165, 1.54) is 19.3 Å². The fourth-order valence-corrected chi connectivity index (χ4v) is 2.60. The van der Waals surface area contributed by atoms with Gasteiger partial charge in [0.2, 0.25) is 5.95 Å². The van der Waals surface area contributed by atoms with E-state index in [9.17, 15) is 0 Å². The Labute approximate surface area is 95.3 Å². The van der Waals surface area contributed by atoms with Crippen LogP contribution in [0.3, 0.4) is 0 Å². The van der Waals surface area contributed by atoms with Crippen molar-refractivity contribution in [3.63, 3.8) is 0 Å². The molecule has 1 aliphatic carbocycles. The molecule has 0 aliphatic heterocycles. The fourth-order valence-electron chi connectivity index (χ4n) is 2.20. The number of aromatic nitrogens is 2. The summed E-state index contributed by atoms with van der Waals surface area (Å²) in [5.41, 5.74) is 0. The molecule has 2 unspecified atom stereocenters. The lowest BCUT2D eigenvalue weighted by Crippen LogP contribution is -2.20. The van der Waals surface area contributed by atoms with E-state index in [1.54, 1.807) is 12.4 Å².